The molecule has 1 aliphatic rings. The highest BCUT2D eigenvalue weighted by atomic mass is 16.3. The molecule has 0 saturated carbocycles. The van der Waals surface area contributed by atoms with E-state index >= 15 is 0 Å². The highest BCUT2D eigenvalue weighted by Crippen LogP contribution is 2.31. The molecular formula is C14H18N2O. The lowest BCUT2D eigenvalue weighted by atomic mass is 10.0. The van der Waals surface area contributed by atoms with Crippen molar-refractivity contribution in [2.45, 2.75) is 26.4 Å². The molecule has 1 unspecified atom stereocenters. The van der Waals surface area contributed by atoms with Crippen LogP contribution in [0.25, 0.3) is 0 Å². The maximum Gasteiger partial charge on any atom is 0.0992 e. The summed E-state index contributed by atoms with van der Waals surface area (Å²) in [6.07, 6.45) is 0.685. The second-order valence-electron chi connectivity index (χ2n) is 4.90. The summed E-state index contributed by atoms with van der Waals surface area (Å²) in [4.78, 5) is 2.27. The first kappa shape index (κ1) is 11.9. The molecule has 1 aromatic rings. The van der Waals surface area contributed by atoms with E-state index in [-0.39, 0.29) is 0 Å². The van der Waals surface area contributed by atoms with Crippen molar-refractivity contribution in [1.29, 1.82) is 5.26 Å². The van der Waals surface area contributed by atoms with Crippen LogP contribution in [0.2, 0.25) is 0 Å². The third-order valence-electron chi connectivity index (χ3n) is 3.37. The highest BCUT2D eigenvalue weighted by molar-refractivity contribution is 5.59. The molecule has 0 aliphatic carbocycles. The third kappa shape index (κ3) is 2.42. The van der Waals surface area contributed by atoms with E-state index in [1.54, 1.807) is 13.0 Å². The third-order valence-corrected chi connectivity index (χ3v) is 3.37. The number of aliphatic hydroxyl groups is 1. The Morgan fingerprint density at radius 2 is 2.29 bits per heavy atom. The first-order valence-corrected chi connectivity index (χ1v) is 6.09. The Morgan fingerprint density at radius 1 is 1.53 bits per heavy atom. The van der Waals surface area contributed by atoms with Crippen molar-refractivity contribution in [3.05, 3.63) is 29.3 Å². The van der Waals surface area contributed by atoms with Crippen LogP contribution in [-0.2, 0) is 0 Å². The van der Waals surface area contributed by atoms with Gasteiger partial charge in [-0.25, -0.2) is 0 Å². The smallest absolute Gasteiger partial charge is 0.0992 e. The van der Waals surface area contributed by atoms with Crippen LogP contribution in [0.15, 0.2) is 18.2 Å². The monoisotopic (exact) mass is 230 g/mol. The average molecular weight is 230 g/mol. The highest BCUT2D eigenvalue weighted by Gasteiger charge is 2.22. The van der Waals surface area contributed by atoms with Gasteiger partial charge in [-0.15, -0.1) is 0 Å². The van der Waals surface area contributed by atoms with Gasteiger partial charge in [-0.3, -0.25) is 0 Å². The SMILES string of the molecule is CC1CCN(c2cc(C#N)ccc2[C@@H](C)O)C1. The van der Waals surface area contributed by atoms with Crippen molar-refractivity contribution < 1.29 is 5.11 Å². The largest absolute Gasteiger partial charge is 0.389 e. The van der Waals surface area contributed by atoms with E-state index in [9.17, 15) is 5.11 Å². The summed E-state index contributed by atoms with van der Waals surface area (Å²) in [5.74, 6) is 0.683. The van der Waals surface area contributed by atoms with Crippen LogP contribution in [0.3, 0.4) is 0 Å². The molecule has 1 N–H and O–H groups in total. The van der Waals surface area contributed by atoms with Crippen LogP contribution in [0.5, 0.6) is 0 Å². The minimum Gasteiger partial charge on any atom is -0.389 e. The van der Waals surface area contributed by atoms with Crippen molar-refractivity contribution >= 4 is 5.69 Å². The molecule has 1 fully saturated rings. The van der Waals surface area contributed by atoms with Crippen LogP contribution >= 0.6 is 0 Å². The van der Waals surface area contributed by atoms with Gasteiger partial charge in [0.05, 0.1) is 17.7 Å². The first-order chi connectivity index (χ1) is 8.11. The molecule has 1 aromatic carbocycles. The van der Waals surface area contributed by atoms with Gasteiger partial charge in [0.15, 0.2) is 0 Å². The zero-order chi connectivity index (χ0) is 12.4. The van der Waals surface area contributed by atoms with Gasteiger partial charge in [0.1, 0.15) is 0 Å². The lowest BCUT2D eigenvalue weighted by Crippen LogP contribution is -2.21. The number of hydrogen-bond donors (Lipinski definition) is 1. The van der Waals surface area contributed by atoms with Gasteiger partial charge in [0.2, 0.25) is 0 Å². The van der Waals surface area contributed by atoms with Crippen molar-refractivity contribution in [2.24, 2.45) is 5.92 Å². The van der Waals surface area contributed by atoms with Gasteiger partial charge in [0, 0.05) is 24.3 Å². The molecule has 0 aromatic heterocycles. The second kappa shape index (κ2) is 4.77. The van der Waals surface area contributed by atoms with Gasteiger partial charge < -0.3 is 10.0 Å². The minimum atomic E-state index is -0.492. The van der Waals surface area contributed by atoms with Gasteiger partial charge in [-0.05, 0) is 31.4 Å². The van der Waals surface area contributed by atoms with Crippen molar-refractivity contribution in [3.8, 4) is 6.07 Å². The summed E-state index contributed by atoms with van der Waals surface area (Å²) < 4.78 is 0. The zero-order valence-corrected chi connectivity index (χ0v) is 10.3. The topological polar surface area (TPSA) is 47.3 Å². The number of aliphatic hydroxyl groups excluding tert-OH is 1. The summed E-state index contributed by atoms with van der Waals surface area (Å²) >= 11 is 0. The summed E-state index contributed by atoms with van der Waals surface area (Å²) in [6, 6.07) is 7.68. The number of anilines is 1. The zero-order valence-electron chi connectivity index (χ0n) is 10.3. The molecule has 3 nitrogen and oxygen atoms in total. The molecule has 1 heterocycles. The van der Waals surface area contributed by atoms with Crippen LogP contribution in [0.4, 0.5) is 5.69 Å². The van der Waals surface area contributed by atoms with E-state index in [4.69, 9.17) is 5.26 Å². The second-order valence-corrected chi connectivity index (χ2v) is 4.90. The molecule has 0 spiro atoms. The maximum atomic E-state index is 9.78. The molecule has 0 amide bonds. The van der Waals surface area contributed by atoms with Gasteiger partial charge in [-0.2, -0.15) is 5.26 Å². The molecular weight excluding hydrogens is 212 g/mol. The predicted octanol–water partition coefficient (Wildman–Crippen LogP) is 2.46. The molecule has 0 bridgehead atoms. The molecule has 17 heavy (non-hydrogen) atoms. The Balaban J connectivity index is 2.39. The van der Waals surface area contributed by atoms with Crippen LogP contribution in [0, 0.1) is 17.2 Å². The molecule has 1 saturated heterocycles. The summed E-state index contributed by atoms with van der Waals surface area (Å²) in [7, 11) is 0. The summed E-state index contributed by atoms with van der Waals surface area (Å²) in [5, 5.41) is 18.7. The van der Waals surface area contributed by atoms with Crippen molar-refractivity contribution in [1.82, 2.24) is 0 Å². The Hall–Kier alpha value is -1.53. The quantitative estimate of drug-likeness (QED) is 0.849. The Labute approximate surface area is 102 Å². The van der Waals surface area contributed by atoms with Crippen LogP contribution in [-0.4, -0.2) is 18.2 Å². The van der Waals surface area contributed by atoms with E-state index in [1.165, 1.54) is 6.42 Å². The van der Waals surface area contributed by atoms with Crippen molar-refractivity contribution in [3.63, 3.8) is 0 Å². The van der Waals surface area contributed by atoms with Gasteiger partial charge >= 0.3 is 0 Å². The Bertz CT molecular complexity index is 448. The van der Waals surface area contributed by atoms with E-state index in [0.717, 1.165) is 24.3 Å². The maximum absolute atomic E-state index is 9.78. The molecule has 90 valence electrons. The normalized spacial score (nSPS) is 21.3. The van der Waals surface area contributed by atoms with Crippen molar-refractivity contribution in [2.75, 3.05) is 18.0 Å². The predicted molar refractivity (Wildman–Crippen MR) is 67.8 cm³/mol. The number of nitrogens with zero attached hydrogens (tertiary/aromatic N) is 2. The van der Waals surface area contributed by atoms with E-state index in [2.05, 4.69) is 17.9 Å². The standard InChI is InChI=1S/C14H18N2O/c1-10-5-6-16(9-10)14-7-12(8-15)3-4-13(14)11(2)17/h3-4,7,10-11,17H,5-6,9H2,1-2H3/t10?,11-/m1/s1. The van der Waals surface area contributed by atoms with Crippen LogP contribution < -0.4 is 4.90 Å². The lowest BCUT2D eigenvalue weighted by molar-refractivity contribution is 0.199. The lowest BCUT2D eigenvalue weighted by Gasteiger charge is -2.23. The average Bonchev–Trinajstić information content (AvgIpc) is 2.75. The summed E-state index contributed by atoms with van der Waals surface area (Å²) in [5.41, 5.74) is 2.59. The first-order valence-electron chi connectivity index (χ1n) is 6.09. The molecule has 2 rings (SSSR count). The van der Waals surface area contributed by atoms with E-state index < -0.39 is 6.10 Å². The Kier molecular flexibility index (Phi) is 3.35. The molecule has 3 heteroatoms. The van der Waals surface area contributed by atoms with Crippen LogP contribution in [0.1, 0.15) is 37.5 Å². The van der Waals surface area contributed by atoms with E-state index in [1.807, 2.05) is 12.1 Å². The number of nitriles is 1. The number of benzene rings is 1. The molecule has 1 aliphatic heterocycles. The fraction of sp³-hybridized carbons (Fsp3) is 0.500. The van der Waals surface area contributed by atoms with Gasteiger partial charge in [-0.1, -0.05) is 13.0 Å². The Morgan fingerprint density at radius 3 is 2.82 bits per heavy atom. The fourth-order valence-corrected chi connectivity index (χ4v) is 2.39. The van der Waals surface area contributed by atoms with E-state index in [0.29, 0.717) is 11.5 Å². The molecule has 0 radical (unpaired) electrons. The summed E-state index contributed by atoms with van der Waals surface area (Å²) in [6.45, 7) is 6.02. The van der Waals surface area contributed by atoms with Gasteiger partial charge in [0.25, 0.3) is 0 Å². The molecule has 2 atom stereocenters. The number of hydrogen-bond acceptors (Lipinski definition) is 3. The minimum absolute atomic E-state index is 0.492. The fourth-order valence-electron chi connectivity index (χ4n) is 2.39. The number of rotatable bonds is 2.